The van der Waals surface area contributed by atoms with Crippen molar-refractivity contribution >= 4 is 11.9 Å². The first-order valence-electron chi connectivity index (χ1n) is 4.66. The Bertz CT molecular complexity index is 305. The van der Waals surface area contributed by atoms with Crippen molar-refractivity contribution < 1.29 is 9.32 Å². The van der Waals surface area contributed by atoms with Crippen molar-refractivity contribution in [1.82, 2.24) is 10.1 Å². The highest BCUT2D eigenvalue weighted by Gasteiger charge is 2.11. The summed E-state index contributed by atoms with van der Waals surface area (Å²) < 4.78 is 4.87. The minimum absolute atomic E-state index is 0.161. The number of hydrogen-bond donors (Lipinski definition) is 1. The van der Waals surface area contributed by atoms with Crippen LogP contribution in [0.5, 0.6) is 0 Å². The van der Waals surface area contributed by atoms with Crippen LogP contribution in [-0.2, 0) is 0 Å². The summed E-state index contributed by atoms with van der Waals surface area (Å²) in [4.78, 5) is 13.2. The lowest BCUT2D eigenvalue weighted by atomic mass is 10.5. The fourth-order valence-electron chi connectivity index (χ4n) is 1.12. The molecule has 0 unspecified atom stereocenters. The predicted octanol–water partition coefficient (Wildman–Crippen LogP) is 1.86. The number of carbonyl (C=O) groups is 1. The maximum absolute atomic E-state index is 11.5. The Balaban J connectivity index is 2.56. The number of aryl methyl sites for hydroxylation is 1. The van der Waals surface area contributed by atoms with E-state index in [1.54, 1.807) is 17.9 Å². The second kappa shape index (κ2) is 4.64. The third-order valence-corrected chi connectivity index (χ3v) is 1.91. The third-order valence-electron chi connectivity index (χ3n) is 1.91. The van der Waals surface area contributed by atoms with Gasteiger partial charge in [-0.2, -0.15) is 0 Å². The first-order chi connectivity index (χ1) is 6.67. The van der Waals surface area contributed by atoms with Crippen LogP contribution in [0.15, 0.2) is 10.6 Å². The van der Waals surface area contributed by atoms with Crippen molar-refractivity contribution in [2.24, 2.45) is 0 Å². The Labute approximate surface area is 83.1 Å². The number of rotatable bonds is 3. The molecule has 1 aromatic heterocycles. The summed E-state index contributed by atoms with van der Waals surface area (Å²) in [5.41, 5.74) is 0.750. The maximum Gasteiger partial charge on any atom is 0.324 e. The van der Waals surface area contributed by atoms with Gasteiger partial charge in [-0.05, 0) is 20.8 Å². The smallest absolute Gasteiger partial charge is 0.324 e. The fourth-order valence-corrected chi connectivity index (χ4v) is 1.12. The molecule has 2 amide bonds. The fraction of sp³-hybridized carbons (Fsp3) is 0.556. The molecule has 1 aromatic rings. The molecule has 14 heavy (non-hydrogen) atoms. The zero-order chi connectivity index (χ0) is 10.6. The number of anilines is 1. The lowest BCUT2D eigenvalue weighted by Gasteiger charge is -2.17. The van der Waals surface area contributed by atoms with Crippen molar-refractivity contribution in [3.63, 3.8) is 0 Å². The summed E-state index contributed by atoms with van der Waals surface area (Å²) in [5, 5.41) is 6.29. The summed E-state index contributed by atoms with van der Waals surface area (Å²) in [7, 11) is 0. The van der Waals surface area contributed by atoms with Gasteiger partial charge in [0.1, 0.15) is 0 Å². The quantitative estimate of drug-likeness (QED) is 0.804. The van der Waals surface area contributed by atoms with Gasteiger partial charge in [-0.1, -0.05) is 5.16 Å². The number of amides is 2. The topological polar surface area (TPSA) is 58.4 Å². The van der Waals surface area contributed by atoms with Gasteiger partial charge in [-0.25, -0.2) is 4.79 Å². The van der Waals surface area contributed by atoms with Gasteiger partial charge in [-0.3, -0.25) is 5.32 Å². The van der Waals surface area contributed by atoms with Crippen molar-refractivity contribution in [1.29, 1.82) is 0 Å². The zero-order valence-corrected chi connectivity index (χ0v) is 8.70. The molecule has 0 aliphatic carbocycles. The van der Waals surface area contributed by atoms with Crippen LogP contribution >= 0.6 is 0 Å². The Kier molecular flexibility index (Phi) is 3.50. The number of carbonyl (C=O) groups excluding carboxylic acids is 1. The van der Waals surface area contributed by atoms with Crippen molar-refractivity contribution in [2.75, 3.05) is 18.4 Å². The molecule has 0 spiro atoms. The van der Waals surface area contributed by atoms with Gasteiger partial charge in [0.25, 0.3) is 0 Å². The second-order valence-corrected chi connectivity index (χ2v) is 2.93. The molecule has 0 saturated carbocycles. The van der Waals surface area contributed by atoms with Gasteiger partial charge >= 0.3 is 6.03 Å². The lowest BCUT2D eigenvalue weighted by molar-refractivity contribution is 0.216. The molecule has 5 heteroatoms. The van der Waals surface area contributed by atoms with E-state index >= 15 is 0 Å². The standard InChI is InChI=1S/C9H15N3O2/c1-4-12(5-2)9(13)10-8-6-7(3)11-14-8/h6H,4-5H2,1-3H3,(H,10,13). The monoisotopic (exact) mass is 197 g/mol. The zero-order valence-electron chi connectivity index (χ0n) is 8.70. The summed E-state index contributed by atoms with van der Waals surface area (Å²) in [6.07, 6.45) is 0. The predicted molar refractivity (Wildman–Crippen MR) is 53.2 cm³/mol. The number of nitrogens with zero attached hydrogens (tertiary/aromatic N) is 2. The molecule has 0 aromatic carbocycles. The second-order valence-electron chi connectivity index (χ2n) is 2.93. The third kappa shape index (κ3) is 2.48. The molecule has 0 aliphatic rings. The van der Waals surface area contributed by atoms with Gasteiger partial charge in [0.2, 0.25) is 5.88 Å². The van der Waals surface area contributed by atoms with Crippen LogP contribution in [0.3, 0.4) is 0 Å². The number of urea groups is 1. The molecule has 78 valence electrons. The highest BCUT2D eigenvalue weighted by Crippen LogP contribution is 2.08. The minimum atomic E-state index is -0.161. The van der Waals surface area contributed by atoms with Gasteiger partial charge < -0.3 is 9.42 Å². The van der Waals surface area contributed by atoms with Crippen LogP contribution in [0.4, 0.5) is 10.7 Å². The van der Waals surface area contributed by atoms with Gasteiger partial charge in [-0.15, -0.1) is 0 Å². The summed E-state index contributed by atoms with van der Waals surface area (Å²) in [5.74, 6) is 0.388. The summed E-state index contributed by atoms with van der Waals surface area (Å²) in [6.45, 7) is 7.00. The van der Waals surface area contributed by atoms with Crippen molar-refractivity contribution in [3.05, 3.63) is 11.8 Å². The highest BCUT2D eigenvalue weighted by atomic mass is 16.5. The van der Waals surface area contributed by atoms with E-state index in [1.807, 2.05) is 13.8 Å². The van der Waals surface area contributed by atoms with Crippen LogP contribution in [0, 0.1) is 6.92 Å². The maximum atomic E-state index is 11.5. The molecule has 0 saturated heterocycles. The Hall–Kier alpha value is -1.52. The number of hydrogen-bond acceptors (Lipinski definition) is 3. The Morgan fingerprint density at radius 2 is 2.21 bits per heavy atom. The number of aromatic nitrogens is 1. The van der Waals surface area contributed by atoms with Crippen LogP contribution < -0.4 is 5.32 Å². The van der Waals surface area contributed by atoms with Gasteiger partial charge in [0, 0.05) is 19.2 Å². The molecule has 0 aliphatic heterocycles. The minimum Gasteiger partial charge on any atom is -0.338 e. The first-order valence-corrected chi connectivity index (χ1v) is 4.66. The van der Waals surface area contributed by atoms with E-state index in [2.05, 4.69) is 10.5 Å². The van der Waals surface area contributed by atoms with Gasteiger partial charge in [0.05, 0.1) is 5.69 Å². The average Bonchev–Trinajstić information content (AvgIpc) is 2.53. The highest BCUT2D eigenvalue weighted by molar-refractivity contribution is 5.87. The molecule has 0 radical (unpaired) electrons. The van der Waals surface area contributed by atoms with E-state index in [-0.39, 0.29) is 6.03 Å². The number of nitrogens with one attached hydrogen (secondary N) is 1. The Morgan fingerprint density at radius 3 is 2.64 bits per heavy atom. The summed E-state index contributed by atoms with van der Waals surface area (Å²) in [6, 6.07) is 1.52. The van der Waals surface area contributed by atoms with E-state index in [1.165, 1.54) is 0 Å². The molecule has 0 fully saturated rings. The molecular formula is C9H15N3O2. The molecule has 0 bridgehead atoms. The van der Waals surface area contributed by atoms with Crippen LogP contribution in [0.1, 0.15) is 19.5 Å². The van der Waals surface area contributed by atoms with E-state index in [4.69, 9.17) is 4.52 Å². The molecule has 5 nitrogen and oxygen atoms in total. The molecule has 1 rings (SSSR count). The van der Waals surface area contributed by atoms with E-state index in [0.717, 1.165) is 5.69 Å². The molecule has 1 heterocycles. The Morgan fingerprint density at radius 1 is 1.57 bits per heavy atom. The first kappa shape index (κ1) is 10.6. The van der Waals surface area contributed by atoms with Crippen LogP contribution in [-0.4, -0.2) is 29.2 Å². The van der Waals surface area contributed by atoms with Crippen molar-refractivity contribution in [2.45, 2.75) is 20.8 Å². The molecular weight excluding hydrogens is 182 g/mol. The SMILES string of the molecule is CCN(CC)C(=O)Nc1cc(C)no1. The summed E-state index contributed by atoms with van der Waals surface area (Å²) >= 11 is 0. The largest absolute Gasteiger partial charge is 0.338 e. The van der Waals surface area contributed by atoms with E-state index in [9.17, 15) is 4.79 Å². The van der Waals surface area contributed by atoms with E-state index < -0.39 is 0 Å². The molecule has 1 N–H and O–H groups in total. The van der Waals surface area contributed by atoms with Crippen LogP contribution in [0.25, 0.3) is 0 Å². The average molecular weight is 197 g/mol. The van der Waals surface area contributed by atoms with E-state index in [0.29, 0.717) is 19.0 Å². The van der Waals surface area contributed by atoms with Crippen LogP contribution in [0.2, 0.25) is 0 Å². The van der Waals surface area contributed by atoms with Crippen molar-refractivity contribution in [3.8, 4) is 0 Å². The lowest BCUT2D eigenvalue weighted by Crippen LogP contribution is -2.34. The normalized spacial score (nSPS) is 9.93. The van der Waals surface area contributed by atoms with Gasteiger partial charge in [0.15, 0.2) is 0 Å². The molecule has 0 atom stereocenters.